The number of anilines is 1. The van der Waals surface area contributed by atoms with Gasteiger partial charge in [-0.2, -0.15) is 0 Å². The summed E-state index contributed by atoms with van der Waals surface area (Å²) in [5, 5.41) is 2.78. The van der Waals surface area contributed by atoms with Gasteiger partial charge in [0.05, 0.1) is 4.90 Å². The van der Waals surface area contributed by atoms with Gasteiger partial charge < -0.3 is 11.1 Å². The van der Waals surface area contributed by atoms with E-state index in [2.05, 4.69) is 10.0 Å². The molecule has 2 aromatic rings. The minimum atomic E-state index is -3.79. The number of carbonyl (C=O) groups excluding carboxylic acids is 1. The van der Waals surface area contributed by atoms with Gasteiger partial charge >= 0.3 is 0 Å². The number of hydrogen-bond donors (Lipinski definition) is 3. The van der Waals surface area contributed by atoms with Crippen LogP contribution in [0.3, 0.4) is 0 Å². The van der Waals surface area contributed by atoms with Crippen LogP contribution >= 0.6 is 12.4 Å². The predicted molar refractivity (Wildman–Crippen MR) is 106 cm³/mol. The largest absolute Gasteiger partial charge is 0.346 e. The van der Waals surface area contributed by atoms with Crippen molar-refractivity contribution in [2.24, 2.45) is 5.73 Å². The first-order valence-corrected chi connectivity index (χ1v) is 9.33. The zero-order valence-corrected chi connectivity index (χ0v) is 16.6. The minimum absolute atomic E-state index is 0. The first-order chi connectivity index (χ1) is 11.6. The van der Waals surface area contributed by atoms with Crippen LogP contribution in [-0.4, -0.2) is 26.4 Å². The molecule has 6 nitrogen and oxygen atoms in total. The van der Waals surface area contributed by atoms with Crippen molar-refractivity contribution in [1.82, 2.24) is 5.32 Å². The SMILES string of the molecule is Cc1cccc(NS(=O)(=O)c2cccc(C(=O)NC(C)(C)CN)c2)c1.Cl. The van der Waals surface area contributed by atoms with Crippen molar-refractivity contribution >= 4 is 34.0 Å². The Morgan fingerprint density at radius 2 is 1.77 bits per heavy atom. The maximum Gasteiger partial charge on any atom is 0.261 e. The lowest BCUT2D eigenvalue weighted by molar-refractivity contribution is 0.0915. The van der Waals surface area contributed by atoms with E-state index in [-0.39, 0.29) is 35.3 Å². The lowest BCUT2D eigenvalue weighted by Crippen LogP contribution is -2.48. The number of amides is 1. The van der Waals surface area contributed by atoms with E-state index in [1.165, 1.54) is 18.2 Å². The Labute approximate surface area is 160 Å². The van der Waals surface area contributed by atoms with Crippen LogP contribution in [0.2, 0.25) is 0 Å². The molecule has 0 saturated carbocycles. The van der Waals surface area contributed by atoms with Gasteiger partial charge in [0, 0.05) is 23.3 Å². The molecule has 0 spiro atoms. The van der Waals surface area contributed by atoms with E-state index in [0.717, 1.165) is 5.56 Å². The van der Waals surface area contributed by atoms with Crippen LogP contribution in [0.15, 0.2) is 53.4 Å². The zero-order chi connectivity index (χ0) is 18.7. The summed E-state index contributed by atoms with van der Waals surface area (Å²) in [5.41, 5.74) is 6.70. The summed E-state index contributed by atoms with van der Waals surface area (Å²) >= 11 is 0. The van der Waals surface area contributed by atoms with Crippen molar-refractivity contribution in [2.45, 2.75) is 31.2 Å². The maximum atomic E-state index is 12.6. The Morgan fingerprint density at radius 1 is 1.12 bits per heavy atom. The van der Waals surface area contributed by atoms with Crippen molar-refractivity contribution in [3.8, 4) is 0 Å². The van der Waals surface area contributed by atoms with Gasteiger partial charge in [-0.05, 0) is 56.7 Å². The third kappa shape index (κ3) is 5.72. The van der Waals surface area contributed by atoms with E-state index in [4.69, 9.17) is 5.73 Å². The van der Waals surface area contributed by atoms with E-state index in [1.807, 2.05) is 13.0 Å². The summed E-state index contributed by atoms with van der Waals surface area (Å²) < 4.78 is 27.7. The third-order valence-corrected chi connectivity index (χ3v) is 5.02. The van der Waals surface area contributed by atoms with Crippen LogP contribution in [0.25, 0.3) is 0 Å². The van der Waals surface area contributed by atoms with Gasteiger partial charge in [0.1, 0.15) is 0 Å². The van der Waals surface area contributed by atoms with Gasteiger partial charge in [-0.15, -0.1) is 12.4 Å². The van der Waals surface area contributed by atoms with Crippen LogP contribution in [0.4, 0.5) is 5.69 Å². The topological polar surface area (TPSA) is 101 Å². The zero-order valence-electron chi connectivity index (χ0n) is 14.9. The summed E-state index contributed by atoms with van der Waals surface area (Å²) in [6.07, 6.45) is 0. The first kappa shape index (κ1) is 22.0. The van der Waals surface area contributed by atoms with E-state index in [9.17, 15) is 13.2 Å². The molecule has 4 N–H and O–H groups in total. The second kappa shape index (κ2) is 8.53. The summed E-state index contributed by atoms with van der Waals surface area (Å²) in [6, 6.07) is 12.9. The Kier molecular flexibility index (Phi) is 7.20. The van der Waals surface area contributed by atoms with Crippen molar-refractivity contribution in [2.75, 3.05) is 11.3 Å². The Hall–Kier alpha value is -2.09. The van der Waals surface area contributed by atoms with Crippen LogP contribution < -0.4 is 15.8 Å². The van der Waals surface area contributed by atoms with Crippen molar-refractivity contribution < 1.29 is 13.2 Å². The predicted octanol–water partition coefficient (Wildman–Crippen LogP) is 2.68. The molecule has 1 amide bonds. The van der Waals surface area contributed by atoms with E-state index in [0.29, 0.717) is 5.69 Å². The van der Waals surface area contributed by atoms with Gasteiger partial charge in [-0.3, -0.25) is 9.52 Å². The summed E-state index contributed by atoms with van der Waals surface area (Å²) in [7, 11) is -3.79. The maximum absolute atomic E-state index is 12.6. The number of hydrogen-bond acceptors (Lipinski definition) is 4. The van der Waals surface area contributed by atoms with E-state index >= 15 is 0 Å². The molecule has 0 aromatic heterocycles. The number of rotatable bonds is 6. The average Bonchev–Trinajstić information content (AvgIpc) is 2.54. The highest BCUT2D eigenvalue weighted by Crippen LogP contribution is 2.18. The second-order valence-electron chi connectivity index (χ2n) is 6.54. The molecule has 0 saturated heterocycles. The highest BCUT2D eigenvalue weighted by Gasteiger charge is 2.21. The molecule has 0 aliphatic rings. The van der Waals surface area contributed by atoms with E-state index < -0.39 is 15.6 Å². The Balaban J connectivity index is 0.00000338. The van der Waals surface area contributed by atoms with E-state index in [1.54, 1.807) is 38.1 Å². The number of nitrogens with two attached hydrogens (primary N) is 1. The van der Waals surface area contributed by atoms with Gasteiger partial charge in [0.25, 0.3) is 15.9 Å². The molecule has 0 atom stereocenters. The van der Waals surface area contributed by atoms with Crippen LogP contribution in [-0.2, 0) is 10.0 Å². The molecule has 0 fully saturated rings. The number of benzene rings is 2. The van der Waals surface area contributed by atoms with Gasteiger partial charge in [0.15, 0.2) is 0 Å². The molecule has 8 heteroatoms. The van der Waals surface area contributed by atoms with Crippen molar-refractivity contribution in [3.63, 3.8) is 0 Å². The smallest absolute Gasteiger partial charge is 0.261 e. The molecular formula is C18H24ClN3O3S. The molecule has 142 valence electrons. The molecule has 0 bridgehead atoms. The number of sulfonamides is 1. The summed E-state index contributed by atoms with van der Waals surface area (Å²) in [5.74, 6) is -0.372. The van der Waals surface area contributed by atoms with Crippen LogP contribution in [0.1, 0.15) is 29.8 Å². The van der Waals surface area contributed by atoms with Crippen molar-refractivity contribution in [3.05, 3.63) is 59.7 Å². The molecule has 0 aliphatic carbocycles. The molecule has 2 aromatic carbocycles. The first-order valence-electron chi connectivity index (χ1n) is 7.85. The van der Waals surface area contributed by atoms with Crippen molar-refractivity contribution in [1.29, 1.82) is 0 Å². The standard InChI is InChI=1S/C18H23N3O3S.ClH/c1-13-6-4-8-15(10-13)21-25(23,24)16-9-5-7-14(11-16)17(22)20-18(2,3)12-19;/h4-11,21H,12,19H2,1-3H3,(H,20,22);1H. The molecule has 2 rings (SSSR count). The number of carbonyl (C=O) groups is 1. The molecule has 0 radical (unpaired) electrons. The molecule has 0 unspecified atom stereocenters. The lowest BCUT2D eigenvalue weighted by Gasteiger charge is -2.24. The highest BCUT2D eigenvalue weighted by molar-refractivity contribution is 7.92. The molecule has 0 aliphatic heterocycles. The minimum Gasteiger partial charge on any atom is -0.346 e. The monoisotopic (exact) mass is 397 g/mol. The Bertz CT molecular complexity index is 883. The van der Waals surface area contributed by atoms with Gasteiger partial charge in [0.2, 0.25) is 0 Å². The fourth-order valence-corrected chi connectivity index (χ4v) is 3.25. The van der Waals surface area contributed by atoms with Crippen LogP contribution in [0, 0.1) is 6.92 Å². The fourth-order valence-electron chi connectivity index (χ4n) is 2.16. The number of nitrogens with one attached hydrogen (secondary N) is 2. The summed E-state index contributed by atoms with van der Waals surface area (Å²) in [6.45, 7) is 5.74. The second-order valence-corrected chi connectivity index (χ2v) is 8.23. The molecule has 0 heterocycles. The summed E-state index contributed by atoms with van der Waals surface area (Å²) in [4.78, 5) is 12.3. The van der Waals surface area contributed by atoms with Crippen LogP contribution in [0.5, 0.6) is 0 Å². The fraction of sp³-hybridized carbons (Fsp3) is 0.278. The Morgan fingerprint density at radius 3 is 2.38 bits per heavy atom. The van der Waals surface area contributed by atoms with Gasteiger partial charge in [-0.25, -0.2) is 8.42 Å². The number of halogens is 1. The van der Waals surface area contributed by atoms with Gasteiger partial charge in [-0.1, -0.05) is 18.2 Å². The molecule has 26 heavy (non-hydrogen) atoms. The average molecular weight is 398 g/mol. The quantitative estimate of drug-likeness (QED) is 0.697. The third-order valence-electron chi connectivity index (χ3n) is 3.64. The molecular weight excluding hydrogens is 374 g/mol. The highest BCUT2D eigenvalue weighted by atomic mass is 35.5. The number of aryl methyl sites for hydroxylation is 1. The normalized spacial score (nSPS) is 11.4. The lowest BCUT2D eigenvalue weighted by atomic mass is 10.1.